The first-order valence-corrected chi connectivity index (χ1v) is 7.08. The van der Waals surface area contributed by atoms with Crippen molar-refractivity contribution in [3.05, 3.63) is 0 Å². The van der Waals surface area contributed by atoms with Crippen LogP contribution in [0.5, 0.6) is 0 Å². The van der Waals surface area contributed by atoms with E-state index in [0.717, 1.165) is 19.3 Å². The maximum Gasteiger partial charge on any atom is 0.326 e. The minimum Gasteiger partial charge on any atom is -0.480 e. The fraction of sp³-hybridized carbons (Fsp3) is 0.818. The molecule has 0 aromatic rings. The van der Waals surface area contributed by atoms with Crippen molar-refractivity contribution in [1.29, 1.82) is 0 Å². The number of hydrogen-bond acceptors (Lipinski definition) is 3. The molecule has 1 rings (SSSR count). The highest BCUT2D eigenvalue weighted by molar-refractivity contribution is 8.00. The minimum absolute atomic E-state index is 0.195. The topological polar surface area (TPSA) is 78.4 Å². The van der Waals surface area contributed by atoms with Gasteiger partial charge in [-0.3, -0.25) is 0 Å². The first kappa shape index (κ1) is 14.2. The van der Waals surface area contributed by atoms with E-state index >= 15 is 0 Å². The van der Waals surface area contributed by atoms with Crippen molar-refractivity contribution < 1.29 is 14.7 Å². The van der Waals surface area contributed by atoms with Crippen LogP contribution >= 0.6 is 11.8 Å². The quantitative estimate of drug-likeness (QED) is 0.647. The van der Waals surface area contributed by atoms with E-state index < -0.39 is 12.0 Å². The molecule has 0 aromatic carbocycles. The molecule has 1 aliphatic carbocycles. The van der Waals surface area contributed by atoms with Crippen LogP contribution in [0.25, 0.3) is 0 Å². The Morgan fingerprint density at radius 3 is 2.53 bits per heavy atom. The van der Waals surface area contributed by atoms with Crippen LogP contribution in [-0.2, 0) is 4.79 Å². The molecule has 0 heterocycles. The molecule has 3 N–H and O–H groups in total. The zero-order chi connectivity index (χ0) is 12.9. The van der Waals surface area contributed by atoms with Crippen LogP contribution in [0.4, 0.5) is 4.79 Å². The highest BCUT2D eigenvalue weighted by Crippen LogP contribution is 2.46. The summed E-state index contributed by atoms with van der Waals surface area (Å²) in [6.45, 7) is 2.50. The van der Waals surface area contributed by atoms with Gasteiger partial charge in [-0.1, -0.05) is 13.3 Å². The molecule has 2 amide bonds. The summed E-state index contributed by atoms with van der Waals surface area (Å²) in [6.07, 6.45) is 5.45. The summed E-state index contributed by atoms with van der Waals surface area (Å²) in [5.74, 6) is -0.979. The van der Waals surface area contributed by atoms with E-state index in [-0.39, 0.29) is 10.8 Å². The molecule has 1 atom stereocenters. The van der Waals surface area contributed by atoms with Crippen molar-refractivity contribution >= 4 is 23.8 Å². The van der Waals surface area contributed by atoms with Crippen molar-refractivity contribution in [2.75, 3.05) is 12.8 Å². The van der Waals surface area contributed by atoms with Crippen molar-refractivity contribution in [2.45, 2.75) is 43.4 Å². The van der Waals surface area contributed by atoms with Gasteiger partial charge in [0.25, 0.3) is 0 Å². The lowest BCUT2D eigenvalue weighted by Crippen LogP contribution is -2.47. The molecule has 0 aliphatic heterocycles. The molecule has 1 fully saturated rings. The lowest BCUT2D eigenvalue weighted by Gasteiger charge is -2.17. The summed E-state index contributed by atoms with van der Waals surface area (Å²) >= 11 is 1.76. The molecule has 0 bridgehead atoms. The number of amides is 2. The molecule has 5 nitrogen and oxygen atoms in total. The second-order valence-electron chi connectivity index (χ2n) is 4.39. The van der Waals surface area contributed by atoms with Gasteiger partial charge in [-0.15, -0.1) is 0 Å². The number of aliphatic carboxylic acids is 1. The molecule has 0 radical (unpaired) electrons. The Kier molecular flexibility index (Phi) is 5.11. The average molecular weight is 260 g/mol. The molecule has 1 saturated carbocycles. The number of thioether (sulfide) groups is 1. The number of urea groups is 1. The number of carboxylic acid groups (broad SMARTS) is 1. The molecule has 0 spiro atoms. The normalized spacial score (nSPS) is 18.2. The maximum atomic E-state index is 11.5. The predicted molar refractivity (Wildman–Crippen MR) is 68.3 cm³/mol. The largest absolute Gasteiger partial charge is 0.480 e. The van der Waals surface area contributed by atoms with Crippen molar-refractivity contribution in [3.63, 3.8) is 0 Å². The zero-order valence-corrected chi connectivity index (χ0v) is 11.1. The highest BCUT2D eigenvalue weighted by atomic mass is 32.2. The lowest BCUT2D eigenvalue weighted by atomic mass is 10.2. The molecule has 0 saturated heterocycles. The summed E-state index contributed by atoms with van der Waals surface area (Å²) in [6, 6.07) is -1.17. The fourth-order valence-corrected chi connectivity index (χ4v) is 2.32. The second-order valence-corrected chi connectivity index (χ2v) is 5.67. The zero-order valence-electron chi connectivity index (χ0n) is 10.3. The van der Waals surface area contributed by atoms with Gasteiger partial charge in [0.1, 0.15) is 6.04 Å². The molecular weight excluding hydrogens is 240 g/mol. The monoisotopic (exact) mass is 260 g/mol. The number of carboxylic acids is 1. The summed E-state index contributed by atoms with van der Waals surface area (Å²) in [4.78, 5) is 22.4. The smallest absolute Gasteiger partial charge is 0.326 e. The Bertz CT molecular complexity index is 292. The Labute approximate surface area is 106 Å². The van der Waals surface area contributed by atoms with Gasteiger partial charge in [0.05, 0.1) is 0 Å². The van der Waals surface area contributed by atoms with Gasteiger partial charge in [0, 0.05) is 11.3 Å². The van der Waals surface area contributed by atoms with E-state index in [1.807, 2.05) is 13.2 Å². The number of rotatable bonds is 7. The Hall–Kier alpha value is -0.910. The summed E-state index contributed by atoms with van der Waals surface area (Å²) in [7, 11) is 0. The van der Waals surface area contributed by atoms with Crippen molar-refractivity contribution in [1.82, 2.24) is 10.6 Å². The number of nitrogens with one attached hydrogen (secondary N) is 2. The Balaban J connectivity index is 2.29. The molecule has 1 aliphatic rings. The molecule has 17 heavy (non-hydrogen) atoms. The van der Waals surface area contributed by atoms with Crippen LogP contribution in [0, 0.1) is 0 Å². The third kappa shape index (κ3) is 4.46. The third-order valence-electron chi connectivity index (χ3n) is 2.99. The van der Waals surface area contributed by atoms with Crippen LogP contribution in [-0.4, -0.2) is 40.7 Å². The van der Waals surface area contributed by atoms with Crippen LogP contribution in [0.15, 0.2) is 0 Å². The molecule has 0 aromatic heterocycles. The van der Waals surface area contributed by atoms with Crippen molar-refractivity contribution in [2.24, 2.45) is 0 Å². The van der Waals surface area contributed by atoms with Crippen molar-refractivity contribution in [3.8, 4) is 0 Å². The standard InChI is InChI=1S/C11H20N2O3S/c1-3-4-8(9(14)15)13-10(16)12-7-11(17-2)5-6-11/h8H,3-7H2,1-2H3,(H,14,15)(H2,12,13,16)/t8-/m0/s1. The molecular formula is C11H20N2O3S. The first-order valence-electron chi connectivity index (χ1n) is 5.85. The van der Waals surface area contributed by atoms with Gasteiger partial charge >= 0.3 is 12.0 Å². The maximum absolute atomic E-state index is 11.5. The molecule has 6 heteroatoms. The highest BCUT2D eigenvalue weighted by Gasteiger charge is 2.42. The predicted octanol–water partition coefficient (Wildman–Crippen LogP) is 1.43. The van der Waals surface area contributed by atoms with Gasteiger partial charge in [-0.2, -0.15) is 11.8 Å². The SMILES string of the molecule is CCC[C@H](NC(=O)NCC1(SC)CC1)C(=O)O. The minimum atomic E-state index is -0.979. The van der Waals surface area contributed by atoms with Gasteiger partial charge in [-0.25, -0.2) is 9.59 Å². The second kappa shape index (κ2) is 6.14. The average Bonchev–Trinajstić information content (AvgIpc) is 3.06. The summed E-state index contributed by atoms with van der Waals surface area (Å²) < 4.78 is 0.195. The van der Waals surface area contributed by atoms with E-state index in [9.17, 15) is 9.59 Å². The Morgan fingerprint density at radius 1 is 1.47 bits per heavy atom. The fourth-order valence-electron chi connectivity index (χ4n) is 1.59. The van der Waals surface area contributed by atoms with E-state index in [0.29, 0.717) is 13.0 Å². The van der Waals surface area contributed by atoms with Crippen LogP contribution < -0.4 is 10.6 Å². The summed E-state index contributed by atoms with van der Waals surface area (Å²) in [5.41, 5.74) is 0. The number of carbonyl (C=O) groups is 2. The third-order valence-corrected chi connectivity index (χ3v) is 4.41. The van der Waals surface area contributed by atoms with Crippen LogP contribution in [0.3, 0.4) is 0 Å². The van der Waals surface area contributed by atoms with Crippen LogP contribution in [0.2, 0.25) is 0 Å². The molecule has 0 unspecified atom stereocenters. The lowest BCUT2D eigenvalue weighted by molar-refractivity contribution is -0.139. The van der Waals surface area contributed by atoms with Gasteiger partial charge in [0.15, 0.2) is 0 Å². The van der Waals surface area contributed by atoms with E-state index in [2.05, 4.69) is 10.6 Å². The van der Waals surface area contributed by atoms with E-state index in [1.54, 1.807) is 11.8 Å². The van der Waals surface area contributed by atoms with E-state index in [1.165, 1.54) is 0 Å². The number of hydrogen-bond donors (Lipinski definition) is 3. The Morgan fingerprint density at radius 2 is 2.12 bits per heavy atom. The first-order chi connectivity index (χ1) is 8.03. The van der Waals surface area contributed by atoms with Gasteiger partial charge in [-0.05, 0) is 25.5 Å². The van der Waals surface area contributed by atoms with Crippen LogP contribution in [0.1, 0.15) is 32.6 Å². The van der Waals surface area contributed by atoms with E-state index in [4.69, 9.17) is 5.11 Å². The molecule has 98 valence electrons. The van der Waals surface area contributed by atoms with Gasteiger partial charge in [0.2, 0.25) is 0 Å². The van der Waals surface area contributed by atoms with Gasteiger partial charge < -0.3 is 15.7 Å². The number of carbonyl (C=O) groups excluding carboxylic acids is 1. The summed E-state index contributed by atoms with van der Waals surface area (Å²) in [5, 5.41) is 14.1.